The first-order chi connectivity index (χ1) is 12.2. The number of nitrogens with one attached hydrogen (secondary N) is 1. The molecule has 2 saturated carbocycles. The fourth-order valence-corrected chi connectivity index (χ4v) is 8.98. The van der Waals surface area contributed by atoms with Crippen molar-refractivity contribution in [3.05, 3.63) is 18.2 Å². The Labute approximate surface area is 156 Å². The van der Waals surface area contributed by atoms with Gasteiger partial charge in [-0.25, -0.2) is 0 Å². The van der Waals surface area contributed by atoms with Gasteiger partial charge in [0.05, 0.1) is 4.08 Å². The van der Waals surface area contributed by atoms with Crippen molar-refractivity contribution in [2.45, 2.75) is 36.2 Å². The molecule has 4 nitrogen and oxygen atoms in total. The summed E-state index contributed by atoms with van der Waals surface area (Å²) in [4.78, 5) is 12.9. The average Bonchev–Trinajstić information content (AvgIpc) is 3.24. The molecule has 2 heterocycles. The molecular weight excluding hydrogens is 354 g/mol. The molecule has 3 fully saturated rings. The van der Waals surface area contributed by atoms with Gasteiger partial charge in [0.1, 0.15) is 0 Å². The molecule has 1 N–H and O–H groups in total. The normalized spacial score (nSPS) is 31.9. The molecule has 1 amide bonds. The van der Waals surface area contributed by atoms with Crippen LogP contribution >= 0.6 is 23.5 Å². The summed E-state index contributed by atoms with van der Waals surface area (Å²) in [6, 6.07) is 5.64. The topological polar surface area (TPSA) is 47.6 Å². The molecule has 4 aliphatic rings. The number of carbonyl (C=O) groups excluding carboxylic acids is 1. The van der Waals surface area contributed by atoms with Crippen LogP contribution in [-0.2, 0) is 4.79 Å². The van der Waals surface area contributed by atoms with E-state index in [2.05, 4.69) is 28.8 Å². The van der Waals surface area contributed by atoms with Crippen molar-refractivity contribution in [3.63, 3.8) is 0 Å². The van der Waals surface area contributed by atoms with Crippen LogP contribution in [0.2, 0.25) is 0 Å². The van der Waals surface area contributed by atoms with Crippen LogP contribution in [0.5, 0.6) is 11.5 Å². The number of anilines is 1. The molecule has 5 rings (SSSR count). The third-order valence-electron chi connectivity index (χ3n) is 6.13. The van der Waals surface area contributed by atoms with Gasteiger partial charge in [-0.3, -0.25) is 4.79 Å². The average molecular weight is 378 g/mol. The smallest absolute Gasteiger partial charge is 0.231 e. The highest BCUT2D eigenvalue weighted by atomic mass is 32.2. The van der Waals surface area contributed by atoms with Crippen LogP contribution in [0, 0.1) is 17.8 Å². The quantitative estimate of drug-likeness (QED) is 0.830. The van der Waals surface area contributed by atoms with Crippen LogP contribution in [-0.4, -0.2) is 28.3 Å². The summed E-state index contributed by atoms with van der Waals surface area (Å²) in [5, 5.41) is 3.12. The number of fused-ring (bicyclic) bond motifs is 1. The molecule has 1 spiro atoms. The van der Waals surface area contributed by atoms with Crippen molar-refractivity contribution in [1.82, 2.24) is 0 Å². The lowest BCUT2D eigenvalue weighted by molar-refractivity contribution is -0.122. The predicted molar refractivity (Wildman–Crippen MR) is 102 cm³/mol. The fraction of sp³-hybridized carbons (Fsp3) is 0.632. The minimum atomic E-state index is 0.146. The van der Waals surface area contributed by atoms with Gasteiger partial charge in [0.15, 0.2) is 11.5 Å². The number of hydrogen-bond donors (Lipinski definition) is 1. The predicted octanol–water partition coefficient (Wildman–Crippen LogP) is 4.36. The van der Waals surface area contributed by atoms with E-state index in [0.29, 0.717) is 15.9 Å². The van der Waals surface area contributed by atoms with Gasteiger partial charge in [-0.05, 0) is 49.7 Å². The zero-order chi connectivity index (χ0) is 16.9. The second-order valence-corrected chi connectivity index (χ2v) is 10.5. The van der Waals surface area contributed by atoms with Gasteiger partial charge < -0.3 is 14.8 Å². The summed E-state index contributed by atoms with van der Waals surface area (Å²) in [5.74, 6) is 5.76. The number of amides is 1. The summed E-state index contributed by atoms with van der Waals surface area (Å²) in [6.45, 7) is 0.260. The molecule has 1 aromatic carbocycles. The number of benzene rings is 1. The SMILES string of the molecule is O=C(Nc1ccc2c(c1)OCO2)C1C[C@H]2CCC[C@H](C1)C21SCCS1. The molecule has 0 aromatic heterocycles. The molecule has 0 unspecified atom stereocenters. The third-order valence-corrected chi connectivity index (χ3v) is 10.1. The van der Waals surface area contributed by atoms with Crippen molar-refractivity contribution >= 4 is 35.1 Å². The van der Waals surface area contributed by atoms with Gasteiger partial charge in [0, 0.05) is 29.2 Å². The van der Waals surface area contributed by atoms with E-state index in [1.807, 2.05) is 18.2 Å². The van der Waals surface area contributed by atoms with Gasteiger partial charge >= 0.3 is 0 Å². The van der Waals surface area contributed by atoms with Crippen molar-refractivity contribution in [2.75, 3.05) is 23.6 Å². The lowest BCUT2D eigenvalue weighted by Crippen LogP contribution is -2.48. The summed E-state index contributed by atoms with van der Waals surface area (Å²) in [7, 11) is 0. The van der Waals surface area contributed by atoms with Gasteiger partial charge in [-0.2, -0.15) is 0 Å². The van der Waals surface area contributed by atoms with Crippen LogP contribution in [0.4, 0.5) is 5.69 Å². The van der Waals surface area contributed by atoms with Crippen LogP contribution in [0.15, 0.2) is 18.2 Å². The van der Waals surface area contributed by atoms with Crippen molar-refractivity contribution in [1.29, 1.82) is 0 Å². The Morgan fingerprint density at radius 1 is 1.08 bits per heavy atom. The van der Waals surface area contributed by atoms with Crippen LogP contribution in [0.3, 0.4) is 0 Å². The maximum atomic E-state index is 12.9. The minimum absolute atomic E-state index is 0.146. The molecule has 1 saturated heterocycles. The van der Waals surface area contributed by atoms with E-state index in [1.54, 1.807) is 0 Å². The number of carbonyl (C=O) groups is 1. The Balaban J connectivity index is 1.30. The van der Waals surface area contributed by atoms with Crippen molar-refractivity contribution in [2.24, 2.45) is 17.8 Å². The molecule has 2 aliphatic carbocycles. The largest absolute Gasteiger partial charge is 0.454 e. The zero-order valence-corrected chi connectivity index (χ0v) is 15.8. The lowest BCUT2D eigenvalue weighted by atomic mass is 9.67. The molecule has 2 aliphatic heterocycles. The Kier molecular flexibility index (Phi) is 4.08. The second-order valence-electron chi connectivity index (χ2n) is 7.47. The number of thioether (sulfide) groups is 2. The standard InChI is InChI=1S/C19H23NO3S2/c21-18(20-15-4-5-16-17(10-15)23-11-22-16)12-8-13-2-1-3-14(9-12)19(13)24-6-7-25-19/h4-5,10,12-14H,1-3,6-9,11H2,(H,20,21)/t13-,14-/m1/s1. The van der Waals surface area contributed by atoms with Crippen LogP contribution in [0.1, 0.15) is 32.1 Å². The first-order valence-corrected chi connectivity index (χ1v) is 11.2. The number of ether oxygens (including phenoxy) is 2. The molecule has 0 radical (unpaired) electrons. The van der Waals surface area contributed by atoms with Crippen LogP contribution in [0.25, 0.3) is 0 Å². The first kappa shape index (κ1) is 16.2. The van der Waals surface area contributed by atoms with E-state index in [1.165, 1.54) is 30.8 Å². The summed E-state index contributed by atoms with van der Waals surface area (Å²) in [5.41, 5.74) is 0.810. The maximum absolute atomic E-state index is 12.9. The van der Waals surface area contributed by atoms with E-state index in [4.69, 9.17) is 9.47 Å². The Morgan fingerprint density at radius 2 is 1.80 bits per heavy atom. The highest BCUT2D eigenvalue weighted by Gasteiger charge is 2.55. The first-order valence-electron chi connectivity index (χ1n) is 9.23. The Bertz CT molecular complexity index is 673. The monoisotopic (exact) mass is 377 g/mol. The van der Waals surface area contributed by atoms with Gasteiger partial charge in [0.25, 0.3) is 0 Å². The minimum Gasteiger partial charge on any atom is -0.454 e. The Hall–Kier alpha value is -1.01. The van der Waals surface area contributed by atoms with E-state index < -0.39 is 0 Å². The van der Waals surface area contributed by atoms with Gasteiger partial charge in [0.2, 0.25) is 12.7 Å². The Morgan fingerprint density at radius 3 is 2.56 bits per heavy atom. The molecule has 25 heavy (non-hydrogen) atoms. The van der Waals surface area contributed by atoms with Crippen molar-refractivity contribution in [3.8, 4) is 11.5 Å². The molecule has 2 atom stereocenters. The molecule has 134 valence electrons. The van der Waals surface area contributed by atoms with E-state index in [-0.39, 0.29) is 18.6 Å². The zero-order valence-electron chi connectivity index (χ0n) is 14.2. The molecular formula is C19H23NO3S2. The summed E-state index contributed by atoms with van der Waals surface area (Å²) < 4.78 is 11.2. The van der Waals surface area contributed by atoms with Crippen molar-refractivity contribution < 1.29 is 14.3 Å². The molecule has 2 bridgehead atoms. The molecule has 1 aromatic rings. The molecule has 6 heteroatoms. The lowest BCUT2D eigenvalue weighted by Gasteiger charge is -2.52. The third kappa shape index (κ3) is 2.72. The summed E-state index contributed by atoms with van der Waals surface area (Å²) in [6.07, 6.45) is 6.03. The van der Waals surface area contributed by atoms with E-state index in [9.17, 15) is 4.79 Å². The van der Waals surface area contributed by atoms with E-state index >= 15 is 0 Å². The summed E-state index contributed by atoms with van der Waals surface area (Å²) >= 11 is 4.38. The fourth-order valence-electron chi connectivity index (χ4n) is 5.04. The van der Waals surface area contributed by atoms with Gasteiger partial charge in [-0.1, -0.05) is 6.42 Å². The number of hydrogen-bond acceptors (Lipinski definition) is 5. The highest BCUT2D eigenvalue weighted by Crippen LogP contribution is 2.64. The maximum Gasteiger partial charge on any atom is 0.231 e. The van der Waals surface area contributed by atoms with Gasteiger partial charge in [-0.15, -0.1) is 23.5 Å². The second kappa shape index (κ2) is 6.31. The highest BCUT2D eigenvalue weighted by molar-refractivity contribution is 8.21. The number of rotatable bonds is 2. The van der Waals surface area contributed by atoms with Crippen LogP contribution < -0.4 is 14.8 Å². The van der Waals surface area contributed by atoms with E-state index in [0.717, 1.165) is 30.0 Å².